The molecule has 0 unspecified atom stereocenters. The maximum Gasteiger partial charge on any atom is 0.271 e. The van der Waals surface area contributed by atoms with Crippen LogP contribution >= 0.6 is 0 Å². The van der Waals surface area contributed by atoms with Gasteiger partial charge in [-0.2, -0.15) is 0 Å². The van der Waals surface area contributed by atoms with E-state index in [4.69, 9.17) is 11.5 Å². The predicted octanol–water partition coefficient (Wildman–Crippen LogP) is 1.07. The Morgan fingerprint density at radius 3 is 2.60 bits per heavy atom. The number of carbonyl (C=O) groups is 1. The van der Waals surface area contributed by atoms with Crippen LogP contribution in [0.3, 0.4) is 0 Å². The number of primary amides is 1. The summed E-state index contributed by atoms with van der Waals surface area (Å²) < 4.78 is 1.89. The molecule has 1 heterocycles. The monoisotopic (exact) mass is 208 g/mol. The van der Waals surface area contributed by atoms with Crippen molar-refractivity contribution >= 4 is 11.7 Å². The first-order valence-corrected chi connectivity index (χ1v) is 5.32. The Balaban J connectivity index is 2.24. The summed E-state index contributed by atoms with van der Waals surface area (Å²) in [7, 11) is 0. The molecule has 5 heteroatoms. The van der Waals surface area contributed by atoms with Gasteiger partial charge in [0.05, 0.1) is 6.33 Å². The van der Waals surface area contributed by atoms with Crippen LogP contribution in [0.15, 0.2) is 6.33 Å². The van der Waals surface area contributed by atoms with Crippen molar-refractivity contribution in [1.82, 2.24) is 9.55 Å². The van der Waals surface area contributed by atoms with E-state index in [1.165, 1.54) is 19.3 Å². The molecule has 1 aromatic heterocycles. The fraction of sp³-hybridized carbons (Fsp3) is 0.600. The molecule has 1 aromatic rings. The third-order valence-electron chi connectivity index (χ3n) is 3.03. The van der Waals surface area contributed by atoms with Crippen molar-refractivity contribution in [3.63, 3.8) is 0 Å². The standard InChI is InChI=1S/C10H16N4O/c11-9-8(10(12)15)13-6-14(9)7-4-2-1-3-5-7/h6-7H,1-5,11H2,(H2,12,15). The minimum Gasteiger partial charge on any atom is -0.383 e. The van der Waals surface area contributed by atoms with Crippen molar-refractivity contribution in [2.24, 2.45) is 5.73 Å². The van der Waals surface area contributed by atoms with Crippen LogP contribution in [0.5, 0.6) is 0 Å². The smallest absolute Gasteiger partial charge is 0.271 e. The molecule has 1 amide bonds. The third kappa shape index (κ3) is 1.82. The zero-order valence-corrected chi connectivity index (χ0v) is 8.65. The molecule has 0 saturated heterocycles. The van der Waals surface area contributed by atoms with Crippen LogP contribution in [0.2, 0.25) is 0 Å². The second-order valence-electron chi connectivity index (χ2n) is 4.04. The van der Waals surface area contributed by atoms with Gasteiger partial charge in [0.15, 0.2) is 5.69 Å². The zero-order valence-electron chi connectivity index (χ0n) is 8.65. The summed E-state index contributed by atoms with van der Waals surface area (Å²) in [4.78, 5) is 14.9. The molecule has 1 saturated carbocycles. The number of hydrogen-bond donors (Lipinski definition) is 2. The van der Waals surface area contributed by atoms with Crippen LogP contribution in [-0.2, 0) is 0 Å². The maximum atomic E-state index is 11.0. The normalized spacial score (nSPS) is 17.9. The lowest BCUT2D eigenvalue weighted by atomic mass is 9.95. The van der Waals surface area contributed by atoms with Crippen LogP contribution in [0, 0.1) is 0 Å². The summed E-state index contributed by atoms with van der Waals surface area (Å²) in [6.45, 7) is 0. The molecule has 0 aliphatic heterocycles. The van der Waals surface area contributed by atoms with Gasteiger partial charge in [-0.25, -0.2) is 4.98 Å². The van der Waals surface area contributed by atoms with Crippen molar-refractivity contribution in [2.75, 3.05) is 5.73 Å². The van der Waals surface area contributed by atoms with E-state index >= 15 is 0 Å². The van der Waals surface area contributed by atoms with E-state index in [9.17, 15) is 4.79 Å². The van der Waals surface area contributed by atoms with Crippen LogP contribution in [0.4, 0.5) is 5.82 Å². The number of nitrogens with two attached hydrogens (primary N) is 2. The Kier molecular flexibility index (Phi) is 2.62. The second kappa shape index (κ2) is 3.92. The lowest BCUT2D eigenvalue weighted by Gasteiger charge is -2.23. The molecule has 0 spiro atoms. The average molecular weight is 208 g/mol. The molecule has 0 bridgehead atoms. The van der Waals surface area contributed by atoms with Gasteiger partial charge in [0, 0.05) is 6.04 Å². The highest BCUT2D eigenvalue weighted by molar-refractivity contribution is 5.95. The van der Waals surface area contributed by atoms with Crippen LogP contribution in [0.25, 0.3) is 0 Å². The Morgan fingerprint density at radius 2 is 2.07 bits per heavy atom. The number of aromatic nitrogens is 2. The molecule has 82 valence electrons. The maximum absolute atomic E-state index is 11.0. The summed E-state index contributed by atoms with van der Waals surface area (Å²) in [6.07, 6.45) is 7.57. The largest absolute Gasteiger partial charge is 0.383 e. The molecule has 0 atom stereocenters. The van der Waals surface area contributed by atoms with E-state index in [2.05, 4.69) is 4.98 Å². The van der Waals surface area contributed by atoms with Crippen LogP contribution < -0.4 is 11.5 Å². The molecule has 1 aliphatic carbocycles. The van der Waals surface area contributed by atoms with E-state index in [0.717, 1.165) is 12.8 Å². The highest BCUT2D eigenvalue weighted by Crippen LogP contribution is 2.30. The molecule has 0 aromatic carbocycles. The van der Waals surface area contributed by atoms with Crippen molar-refractivity contribution < 1.29 is 4.79 Å². The van der Waals surface area contributed by atoms with Gasteiger partial charge in [-0.1, -0.05) is 19.3 Å². The predicted molar refractivity (Wildman–Crippen MR) is 57.3 cm³/mol. The number of nitrogens with zero attached hydrogens (tertiary/aromatic N) is 2. The number of rotatable bonds is 2. The second-order valence-corrected chi connectivity index (χ2v) is 4.04. The first kappa shape index (κ1) is 10.0. The van der Waals surface area contributed by atoms with Crippen molar-refractivity contribution in [2.45, 2.75) is 38.1 Å². The fourth-order valence-corrected chi connectivity index (χ4v) is 2.21. The number of hydrogen-bond acceptors (Lipinski definition) is 3. The van der Waals surface area contributed by atoms with E-state index in [1.54, 1.807) is 6.33 Å². The quantitative estimate of drug-likeness (QED) is 0.762. The highest BCUT2D eigenvalue weighted by atomic mass is 16.1. The summed E-state index contributed by atoms with van der Waals surface area (Å²) in [5.74, 6) is -0.142. The van der Waals surface area contributed by atoms with Gasteiger partial charge >= 0.3 is 0 Å². The lowest BCUT2D eigenvalue weighted by molar-refractivity contribution is 0.0997. The number of imidazole rings is 1. The van der Waals surface area contributed by atoms with Gasteiger partial charge in [-0.3, -0.25) is 4.79 Å². The number of amides is 1. The number of anilines is 1. The van der Waals surface area contributed by atoms with E-state index < -0.39 is 5.91 Å². The molecule has 2 rings (SSSR count). The van der Waals surface area contributed by atoms with Gasteiger partial charge in [-0.15, -0.1) is 0 Å². The molecule has 1 fully saturated rings. The third-order valence-corrected chi connectivity index (χ3v) is 3.03. The molecular weight excluding hydrogens is 192 g/mol. The Morgan fingerprint density at radius 1 is 1.40 bits per heavy atom. The van der Waals surface area contributed by atoms with E-state index in [1.807, 2.05) is 4.57 Å². The number of carbonyl (C=O) groups excluding carboxylic acids is 1. The van der Waals surface area contributed by atoms with Crippen molar-refractivity contribution in [1.29, 1.82) is 0 Å². The minimum atomic E-state index is -0.554. The summed E-state index contributed by atoms with van der Waals surface area (Å²) in [6, 6.07) is 0.388. The van der Waals surface area contributed by atoms with E-state index in [0.29, 0.717) is 11.9 Å². The highest BCUT2D eigenvalue weighted by Gasteiger charge is 2.20. The van der Waals surface area contributed by atoms with Crippen molar-refractivity contribution in [3.8, 4) is 0 Å². The molecular formula is C10H16N4O. The molecule has 5 nitrogen and oxygen atoms in total. The summed E-state index contributed by atoms with van der Waals surface area (Å²) in [5, 5.41) is 0. The fourth-order valence-electron chi connectivity index (χ4n) is 2.21. The molecule has 0 radical (unpaired) electrons. The summed E-state index contributed by atoms with van der Waals surface area (Å²) in [5.41, 5.74) is 11.2. The van der Waals surface area contributed by atoms with Gasteiger partial charge in [0.2, 0.25) is 0 Å². The van der Waals surface area contributed by atoms with Gasteiger partial charge in [-0.05, 0) is 12.8 Å². The lowest BCUT2D eigenvalue weighted by Crippen LogP contribution is -2.17. The Hall–Kier alpha value is -1.52. The molecule has 15 heavy (non-hydrogen) atoms. The van der Waals surface area contributed by atoms with Crippen LogP contribution in [-0.4, -0.2) is 15.5 Å². The van der Waals surface area contributed by atoms with Crippen LogP contribution in [0.1, 0.15) is 48.6 Å². The zero-order chi connectivity index (χ0) is 10.8. The Labute approximate surface area is 88.5 Å². The first-order valence-electron chi connectivity index (χ1n) is 5.32. The first-order chi connectivity index (χ1) is 7.20. The van der Waals surface area contributed by atoms with Crippen molar-refractivity contribution in [3.05, 3.63) is 12.0 Å². The summed E-state index contributed by atoms with van der Waals surface area (Å²) >= 11 is 0. The van der Waals surface area contributed by atoms with Gasteiger partial charge < -0.3 is 16.0 Å². The van der Waals surface area contributed by atoms with Gasteiger partial charge in [0.1, 0.15) is 5.82 Å². The molecule has 1 aliphatic rings. The van der Waals surface area contributed by atoms with Gasteiger partial charge in [0.25, 0.3) is 5.91 Å². The topological polar surface area (TPSA) is 86.9 Å². The number of nitrogen functional groups attached to an aromatic ring is 1. The average Bonchev–Trinajstić information content (AvgIpc) is 2.61. The minimum absolute atomic E-state index is 0.195. The van der Waals surface area contributed by atoms with E-state index in [-0.39, 0.29) is 5.69 Å². The molecule has 4 N–H and O–H groups in total. The Bertz CT molecular complexity index is 365. The SMILES string of the molecule is NC(=O)c1ncn(C2CCCCC2)c1N.